The molecule has 1 aliphatic heterocycles. The molecule has 8 heteroatoms. The molecule has 7 nitrogen and oxygen atoms in total. The molecule has 0 N–H and O–H groups in total. The van der Waals surface area contributed by atoms with Crippen LogP contribution in [0.1, 0.15) is 21.5 Å². The third kappa shape index (κ3) is 2.80. The fourth-order valence-corrected chi connectivity index (χ4v) is 3.99. The molecular formula is C15H12N2O5S. The predicted octanol–water partition coefficient (Wildman–Crippen LogP) is 2.08. The Bertz CT molecular complexity index is 908. The van der Waals surface area contributed by atoms with E-state index in [-0.39, 0.29) is 18.0 Å². The van der Waals surface area contributed by atoms with E-state index in [1.807, 2.05) is 0 Å². The van der Waals surface area contributed by atoms with Crippen LogP contribution in [-0.4, -0.2) is 23.6 Å². The Hall–Kier alpha value is -2.74. The van der Waals surface area contributed by atoms with E-state index in [2.05, 4.69) is 0 Å². The number of sulfonamides is 1. The number of carbonyl (C=O) groups excluding carboxylic acids is 1. The summed E-state index contributed by atoms with van der Waals surface area (Å²) in [6.07, 6.45) is 0. The fraction of sp³-hybridized carbons (Fsp3) is 0.133. The Morgan fingerprint density at radius 2 is 1.87 bits per heavy atom. The van der Waals surface area contributed by atoms with Crippen molar-refractivity contribution in [1.82, 2.24) is 4.31 Å². The van der Waals surface area contributed by atoms with Crippen LogP contribution in [0.2, 0.25) is 0 Å². The first-order valence-electron chi connectivity index (χ1n) is 6.74. The van der Waals surface area contributed by atoms with E-state index in [4.69, 9.17) is 0 Å². The molecule has 0 fully saturated rings. The van der Waals surface area contributed by atoms with E-state index < -0.39 is 20.9 Å². The van der Waals surface area contributed by atoms with Crippen molar-refractivity contribution in [2.45, 2.75) is 12.3 Å². The lowest BCUT2D eigenvalue weighted by molar-refractivity contribution is -0.384. The SMILES string of the molecule is O=C1c2ccccc2CS(=O)(=O)N1Cc1cccc([N+](=O)[O-])c1. The summed E-state index contributed by atoms with van der Waals surface area (Å²) >= 11 is 0. The molecule has 0 saturated carbocycles. The molecule has 2 aromatic rings. The maximum Gasteiger partial charge on any atom is 0.269 e. The lowest BCUT2D eigenvalue weighted by Gasteiger charge is -2.28. The van der Waals surface area contributed by atoms with Crippen LogP contribution in [0, 0.1) is 10.1 Å². The standard InChI is InChI=1S/C15H12N2O5S/c18-15-14-7-2-1-5-12(14)10-23(21,22)16(15)9-11-4-3-6-13(8-11)17(19)20/h1-8H,9-10H2. The topological polar surface area (TPSA) is 97.6 Å². The van der Waals surface area contributed by atoms with Crippen LogP contribution < -0.4 is 0 Å². The van der Waals surface area contributed by atoms with Crippen LogP contribution in [0.3, 0.4) is 0 Å². The monoisotopic (exact) mass is 332 g/mol. The normalized spacial score (nSPS) is 16.0. The molecule has 3 rings (SSSR count). The minimum absolute atomic E-state index is 0.148. The van der Waals surface area contributed by atoms with E-state index >= 15 is 0 Å². The number of non-ortho nitro benzene ring substituents is 1. The lowest BCUT2D eigenvalue weighted by Crippen LogP contribution is -2.41. The van der Waals surface area contributed by atoms with Gasteiger partial charge < -0.3 is 0 Å². The highest BCUT2D eigenvalue weighted by Crippen LogP contribution is 2.26. The van der Waals surface area contributed by atoms with E-state index in [9.17, 15) is 23.3 Å². The van der Waals surface area contributed by atoms with Crippen molar-refractivity contribution < 1.29 is 18.1 Å². The van der Waals surface area contributed by atoms with Crippen LogP contribution in [0.4, 0.5) is 5.69 Å². The molecule has 0 atom stereocenters. The fourth-order valence-electron chi connectivity index (χ4n) is 2.49. The Kier molecular flexibility index (Phi) is 3.61. The molecule has 23 heavy (non-hydrogen) atoms. The summed E-state index contributed by atoms with van der Waals surface area (Å²) in [5.41, 5.74) is 1.04. The quantitative estimate of drug-likeness (QED) is 0.633. The first kappa shape index (κ1) is 15.2. The summed E-state index contributed by atoms with van der Waals surface area (Å²) in [6, 6.07) is 12.1. The van der Waals surface area contributed by atoms with Gasteiger partial charge in [-0.3, -0.25) is 14.9 Å². The molecule has 1 heterocycles. The zero-order valence-electron chi connectivity index (χ0n) is 11.9. The lowest BCUT2D eigenvalue weighted by atomic mass is 10.1. The van der Waals surface area contributed by atoms with Gasteiger partial charge in [0.05, 0.1) is 17.2 Å². The zero-order valence-corrected chi connectivity index (χ0v) is 12.7. The molecule has 0 bridgehead atoms. The van der Waals surface area contributed by atoms with Gasteiger partial charge in [0.2, 0.25) is 10.0 Å². The summed E-state index contributed by atoms with van der Waals surface area (Å²) < 4.78 is 25.5. The molecule has 0 aliphatic carbocycles. The van der Waals surface area contributed by atoms with Crippen molar-refractivity contribution >= 4 is 21.6 Å². The zero-order chi connectivity index (χ0) is 16.6. The first-order valence-corrected chi connectivity index (χ1v) is 8.35. The number of hydrogen-bond donors (Lipinski definition) is 0. The highest BCUT2D eigenvalue weighted by Gasteiger charge is 2.35. The minimum Gasteiger partial charge on any atom is -0.268 e. The van der Waals surface area contributed by atoms with Crippen molar-refractivity contribution in [3.8, 4) is 0 Å². The number of rotatable bonds is 3. The molecule has 1 aliphatic rings. The molecular weight excluding hydrogens is 320 g/mol. The largest absolute Gasteiger partial charge is 0.269 e. The second-order valence-corrected chi connectivity index (χ2v) is 7.05. The van der Waals surface area contributed by atoms with Gasteiger partial charge in [0.1, 0.15) is 0 Å². The third-order valence-corrected chi connectivity index (χ3v) is 5.24. The molecule has 2 aromatic carbocycles. The van der Waals surface area contributed by atoms with Gasteiger partial charge in [0, 0.05) is 17.7 Å². The molecule has 0 unspecified atom stereocenters. The summed E-state index contributed by atoms with van der Waals surface area (Å²) in [5.74, 6) is -0.873. The Morgan fingerprint density at radius 3 is 2.61 bits per heavy atom. The van der Waals surface area contributed by atoms with Gasteiger partial charge in [-0.25, -0.2) is 12.7 Å². The van der Waals surface area contributed by atoms with E-state index in [0.29, 0.717) is 16.7 Å². The highest BCUT2D eigenvalue weighted by atomic mass is 32.2. The van der Waals surface area contributed by atoms with Crippen LogP contribution in [0.15, 0.2) is 48.5 Å². The predicted molar refractivity (Wildman–Crippen MR) is 82.0 cm³/mol. The van der Waals surface area contributed by atoms with Crippen LogP contribution in [0.25, 0.3) is 0 Å². The Labute approximate surface area is 132 Å². The molecule has 118 valence electrons. The number of fused-ring (bicyclic) bond motifs is 1. The Morgan fingerprint density at radius 1 is 1.13 bits per heavy atom. The van der Waals surface area contributed by atoms with Gasteiger partial charge in [-0.15, -0.1) is 0 Å². The average Bonchev–Trinajstić information content (AvgIpc) is 2.51. The number of nitrogens with zero attached hydrogens (tertiary/aromatic N) is 2. The highest BCUT2D eigenvalue weighted by molar-refractivity contribution is 7.89. The van der Waals surface area contributed by atoms with Crippen molar-refractivity contribution in [3.05, 3.63) is 75.3 Å². The number of nitro groups is 1. The minimum atomic E-state index is -3.80. The summed E-state index contributed by atoms with van der Waals surface area (Å²) in [5, 5.41) is 10.8. The maximum absolute atomic E-state index is 12.5. The second kappa shape index (κ2) is 5.47. The van der Waals surface area contributed by atoms with Crippen molar-refractivity contribution in [3.63, 3.8) is 0 Å². The summed E-state index contributed by atoms with van der Waals surface area (Å²) in [7, 11) is -3.80. The average molecular weight is 332 g/mol. The van der Waals surface area contributed by atoms with Crippen molar-refractivity contribution in [1.29, 1.82) is 0 Å². The first-order chi connectivity index (χ1) is 10.9. The van der Waals surface area contributed by atoms with E-state index in [0.717, 1.165) is 4.31 Å². The number of benzene rings is 2. The van der Waals surface area contributed by atoms with Gasteiger partial charge in [-0.1, -0.05) is 30.3 Å². The smallest absolute Gasteiger partial charge is 0.268 e. The molecule has 0 radical (unpaired) electrons. The number of hydrogen-bond acceptors (Lipinski definition) is 5. The van der Waals surface area contributed by atoms with Gasteiger partial charge in [0.15, 0.2) is 0 Å². The van der Waals surface area contributed by atoms with Gasteiger partial charge >= 0.3 is 0 Å². The second-order valence-electron chi connectivity index (χ2n) is 5.15. The van der Waals surface area contributed by atoms with Crippen molar-refractivity contribution in [2.75, 3.05) is 0 Å². The molecule has 0 saturated heterocycles. The van der Waals surface area contributed by atoms with Gasteiger partial charge in [-0.2, -0.15) is 0 Å². The molecule has 0 aromatic heterocycles. The number of carbonyl (C=O) groups is 1. The van der Waals surface area contributed by atoms with Gasteiger partial charge in [0.25, 0.3) is 11.6 Å². The summed E-state index contributed by atoms with van der Waals surface area (Å²) in [6.45, 7) is -0.225. The third-order valence-electron chi connectivity index (χ3n) is 3.60. The summed E-state index contributed by atoms with van der Waals surface area (Å²) in [4.78, 5) is 22.7. The van der Waals surface area contributed by atoms with Gasteiger partial charge in [-0.05, 0) is 17.2 Å². The van der Waals surface area contributed by atoms with E-state index in [1.54, 1.807) is 30.3 Å². The van der Waals surface area contributed by atoms with Crippen molar-refractivity contribution in [2.24, 2.45) is 0 Å². The van der Waals surface area contributed by atoms with E-state index in [1.165, 1.54) is 18.2 Å². The van der Waals surface area contributed by atoms with Crippen LogP contribution in [0.5, 0.6) is 0 Å². The molecule has 0 spiro atoms. The van der Waals surface area contributed by atoms with Crippen LogP contribution >= 0.6 is 0 Å². The Balaban J connectivity index is 1.98. The van der Waals surface area contributed by atoms with Crippen LogP contribution in [-0.2, 0) is 22.3 Å². The molecule has 1 amide bonds. The maximum atomic E-state index is 12.5. The number of nitro benzene ring substituents is 1. The number of amides is 1.